The largest absolute Gasteiger partial charge is 0.416 e. The molecule has 116 valence electrons. The van der Waals surface area contributed by atoms with Crippen molar-refractivity contribution >= 4 is 6.29 Å². The van der Waals surface area contributed by atoms with E-state index in [1.807, 2.05) is 0 Å². The summed E-state index contributed by atoms with van der Waals surface area (Å²) < 4.78 is 75.6. The van der Waals surface area contributed by atoms with E-state index in [9.17, 15) is 31.1 Å². The lowest BCUT2D eigenvalue weighted by molar-refractivity contribution is -0.138. The molecule has 22 heavy (non-hydrogen) atoms. The Balaban J connectivity index is 2.53. The van der Waals surface area contributed by atoms with Gasteiger partial charge in [0.2, 0.25) is 0 Å². The molecular formula is C15H8F6O. The summed E-state index contributed by atoms with van der Waals surface area (Å²) in [7, 11) is 0. The van der Waals surface area contributed by atoms with Crippen LogP contribution in [0.1, 0.15) is 21.5 Å². The standard InChI is InChI=1S/C15H8F6O/c16-14(17,18)11-4-1-9(2-5-11)13-7-12(15(19,20)21)6-3-10(13)8-22/h1-8H. The van der Waals surface area contributed by atoms with Gasteiger partial charge in [0, 0.05) is 5.56 Å². The number of hydrogen-bond donors (Lipinski definition) is 0. The average molecular weight is 318 g/mol. The SMILES string of the molecule is O=Cc1ccc(C(F)(F)F)cc1-c1ccc(C(F)(F)F)cc1. The van der Waals surface area contributed by atoms with Crippen LogP contribution < -0.4 is 0 Å². The van der Waals surface area contributed by atoms with Crippen molar-refractivity contribution in [2.24, 2.45) is 0 Å². The second kappa shape index (κ2) is 5.47. The van der Waals surface area contributed by atoms with Gasteiger partial charge in [-0.2, -0.15) is 26.3 Å². The van der Waals surface area contributed by atoms with Crippen LogP contribution in [0.15, 0.2) is 42.5 Å². The van der Waals surface area contributed by atoms with Crippen LogP contribution in [0.3, 0.4) is 0 Å². The third-order valence-corrected chi connectivity index (χ3v) is 3.03. The van der Waals surface area contributed by atoms with E-state index in [1.54, 1.807) is 0 Å². The highest BCUT2D eigenvalue weighted by molar-refractivity contribution is 5.88. The molecule has 0 amide bonds. The lowest BCUT2D eigenvalue weighted by Crippen LogP contribution is -2.06. The van der Waals surface area contributed by atoms with Gasteiger partial charge in [-0.1, -0.05) is 18.2 Å². The first kappa shape index (κ1) is 16.1. The smallest absolute Gasteiger partial charge is 0.298 e. The number of halogens is 6. The molecule has 0 aliphatic carbocycles. The molecule has 0 fully saturated rings. The summed E-state index contributed by atoms with van der Waals surface area (Å²) >= 11 is 0. The molecule has 2 aromatic rings. The topological polar surface area (TPSA) is 17.1 Å². The zero-order valence-corrected chi connectivity index (χ0v) is 10.8. The predicted molar refractivity (Wildman–Crippen MR) is 67.3 cm³/mol. The normalized spacial score (nSPS) is 12.3. The molecule has 1 nitrogen and oxygen atoms in total. The minimum absolute atomic E-state index is 0.0345. The van der Waals surface area contributed by atoms with Crippen LogP contribution in [0.25, 0.3) is 11.1 Å². The van der Waals surface area contributed by atoms with E-state index in [4.69, 9.17) is 0 Å². The highest BCUT2D eigenvalue weighted by atomic mass is 19.4. The third-order valence-electron chi connectivity index (χ3n) is 3.03. The number of hydrogen-bond acceptors (Lipinski definition) is 1. The Morgan fingerprint density at radius 1 is 0.727 bits per heavy atom. The second-order valence-electron chi connectivity index (χ2n) is 4.49. The Hall–Kier alpha value is -2.31. The van der Waals surface area contributed by atoms with Crippen LogP contribution >= 0.6 is 0 Å². The van der Waals surface area contributed by atoms with E-state index in [2.05, 4.69) is 0 Å². The fraction of sp³-hybridized carbons (Fsp3) is 0.133. The molecule has 2 rings (SSSR count). The van der Waals surface area contributed by atoms with Crippen LogP contribution in [0.2, 0.25) is 0 Å². The first-order valence-electron chi connectivity index (χ1n) is 5.97. The summed E-state index contributed by atoms with van der Waals surface area (Å²) in [6.07, 6.45) is -8.80. The van der Waals surface area contributed by atoms with Gasteiger partial charge >= 0.3 is 12.4 Å². The fourth-order valence-electron chi connectivity index (χ4n) is 1.92. The minimum atomic E-state index is -4.61. The van der Waals surface area contributed by atoms with E-state index in [1.165, 1.54) is 0 Å². The lowest BCUT2D eigenvalue weighted by atomic mass is 9.97. The molecule has 0 aromatic heterocycles. The Kier molecular flexibility index (Phi) is 4.00. The zero-order chi connectivity index (χ0) is 16.5. The molecule has 0 aliphatic heterocycles. The number of benzene rings is 2. The molecule has 0 radical (unpaired) electrons. The van der Waals surface area contributed by atoms with Gasteiger partial charge in [0.05, 0.1) is 11.1 Å². The maximum absolute atomic E-state index is 12.7. The van der Waals surface area contributed by atoms with Gasteiger partial charge in [-0.05, 0) is 35.4 Å². The van der Waals surface area contributed by atoms with Crippen LogP contribution in [-0.4, -0.2) is 6.29 Å². The molecular weight excluding hydrogens is 310 g/mol. The van der Waals surface area contributed by atoms with Crippen molar-refractivity contribution in [3.63, 3.8) is 0 Å². The number of rotatable bonds is 2. The first-order chi connectivity index (χ1) is 10.1. The Labute approximate surface area is 121 Å². The van der Waals surface area contributed by atoms with Crippen LogP contribution in [-0.2, 0) is 12.4 Å². The first-order valence-corrected chi connectivity index (χ1v) is 5.97. The molecule has 0 aliphatic rings. The molecule has 7 heteroatoms. The van der Waals surface area contributed by atoms with E-state index in [-0.39, 0.29) is 16.7 Å². The molecule has 0 N–H and O–H groups in total. The van der Waals surface area contributed by atoms with Crippen molar-refractivity contribution in [3.8, 4) is 11.1 Å². The number of aldehydes is 1. The van der Waals surface area contributed by atoms with E-state index < -0.39 is 23.5 Å². The quantitative estimate of drug-likeness (QED) is 0.549. The summed E-state index contributed by atoms with van der Waals surface area (Å²) in [5, 5.41) is 0. The maximum Gasteiger partial charge on any atom is 0.416 e. The van der Waals surface area contributed by atoms with Crippen molar-refractivity contribution in [3.05, 3.63) is 59.2 Å². The number of alkyl halides is 6. The Morgan fingerprint density at radius 3 is 1.68 bits per heavy atom. The molecule has 0 saturated heterocycles. The van der Waals surface area contributed by atoms with E-state index >= 15 is 0 Å². The molecule has 0 unspecified atom stereocenters. The molecule has 0 atom stereocenters. The van der Waals surface area contributed by atoms with Gasteiger partial charge in [-0.15, -0.1) is 0 Å². The molecule has 0 bridgehead atoms. The summed E-state index contributed by atoms with van der Waals surface area (Å²) in [6, 6.07) is 6.05. The molecule has 0 spiro atoms. The zero-order valence-electron chi connectivity index (χ0n) is 10.8. The summed E-state index contributed by atoms with van der Waals surface area (Å²) in [5.41, 5.74) is -1.91. The van der Waals surface area contributed by atoms with E-state index in [0.717, 1.165) is 42.5 Å². The van der Waals surface area contributed by atoms with Crippen LogP contribution in [0.5, 0.6) is 0 Å². The maximum atomic E-state index is 12.7. The fourth-order valence-corrected chi connectivity index (χ4v) is 1.92. The summed E-state index contributed by atoms with van der Waals surface area (Å²) in [6.45, 7) is 0. The lowest BCUT2D eigenvalue weighted by Gasteiger charge is -2.12. The van der Waals surface area contributed by atoms with Gasteiger partial charge in [-0.25, -0.2) is 0 Å². The second-order valence-corrected chi connectivity index (χ2v) is 4.49. The van der Waals surface area contributed by atoms with Gasteiger partial charge in [-0.3, -0.25) is 4.79 Å². The summed E-state index contributed by atoms with van der Waals surface area (Å²) in [5.74, 6) is 0. The Morgan fingerprint density at radius 2 is 1.23 bits per heavy atom. The number of carbonyl (C=O) groups is 1. The van der Waals surface area contributed by atoms with Crippen molar-refractivity contribution < 1.29 is 31.1 Å². The third kappa shape index (κ3) is 3.29. The average Bonchev–Trinajstić information content (AvgIpc) is 2.45. The van der Waals surface area contributed by atoms with Crippen LogP contribution in [0.4, 0.5) is 26.3 Å². The van der Waals surface area contributed by atoms with Crippen molar-refractivity contribution in [2.75, 3.05) is 0 Å². The minimum Gasteiger partial charge on any atom is -0.298 e. The van der Waals surface area contributed by atoms with Crippen molar-refractivity contribution in [1.29, 1.82) is 0 Å². The Bertz CT molecular complexity index is 683. The molecule has 2 aromatic carbocycles. The van der Waals surface area contributed by atoms with Gasteiger partial charge < -0.3 is 0 Å². The van der Waals surface area contributed by atoms with E-state index in [0.29, 0.717) is 6.29 Å². The highest BCUT2D eigenvalue weighted by Crippen LogP contribution is 2.35. The highest BCUT2D eigenvalue weighted by Gasteiger charge is 2.32. The van der Waals surface area contributed by atoms with Gasteiger partial charge in [0.1, 0.15) is 0 Å². The van der Waals surface area contributed by atoms with Gasteiger partial charge in [0.15, 0.2) is 6.29 Å². The van der Waals surface area contributed by atoms with Crippen LogP contribution in [0, 0.1) is 0 Å². The van der Waals surface area contributed by atoms with Crippen molar-refractivity contribution in [1.82, 2.24) is 0 Å². The van der Waals surface area contributed by atoms with Crippen molar-refractivity contribution in [2.45, 2.75) is 12.4 Å². The van der Waals surface area contributed by atoms with Gasteiger partial charge in [0.25, 0.3) is 0 Å². The molecule has 0 heterocycles. The number of carbonyl (C=O) groups excluding carboxylic acids is 1. The predicted octanol–water partition coefficient (Wildman–Crippen LogP) is 5.20. The summed E-state index contributed by atoms with van der Waals surface area (Å²) in [4.78, 5) is 10.9. The molecule has 0 saturated carbocycles. The monoisotopic (exact) mass is 318 g/mol.